The zero-order chi connectivity index (χ0) is 15.4. The molecular weight excluding hydrogens is 292 g/mol. The van der Waals surface area contributed by atoms with Crippen LogP contribution in [-0.4, -0.2) is 22.0 Å². The molecule has 0 saturated heterocycles. The number of hydrogen-bond donors (Lipinski definition) is 2. The van der Waals surface area contributed by atoms with E-state index in [0.29, 0.717) is 6.42 Å². The molecule has 1 aromatic heterocycles. The van der Waals surface area contributed by atoms with Crippen LogP contribution >= 0.6 is 11.3 Å². The fraction of sp³-hybridized carbons (Fsp3) is 0.214. The molecule has 0 fully saturated rings. The highest BCUT2D eigenvalue weighted by atomic mass is 32.1. The zero-order valence-corrected chi connectivity index (χ0v) is 12.1. The number of aromatic carboxylic acids is 1. The SMILES string of the molecule is CC(Cc1ccsc1)Nc1cc([N+](=O)[O-])ccc1C(=O)O. The molecule has 0 aliphatic heterocycles. The number of carbonyl (C=O) groups is 1. The van der Waals surface area contributed by atoms with Crippen LogP contribution in [0, 0.1) is 10.1 Å². The predicted octanol–water partition coefficient (Wildman–Crippen LogP) is 3.40. The predicted molar refractivity (Wildman–Crippen MR) is 81.2 cm³/mol. The molecule has 7 heteroatoms. The first-order valence-electron chi connectivity index (χ1n) is 6.26. The van der Waals surface area contributed by atoms with Crippen LogP contribution in [-0.2, 0) is 6.42 Å². The topological polar surface area (TPSA) is 92.5 Å². The summed E-state index contributed by atoms with van der Waals surface area (Å²) in [5.74, 6) is -1.12. The largest absolute Gasteiger partial charge is 0.478 e. The molecule has 1 heterocycles. The summed E-state index contributed by atoms with van der Waals surface area (Å²) in [7, 11) is 0. The van der Waals surface area contributed by atoms with Crippen LogP contribution in [0.25, 0.3) is 0 Å². The van der Waals surface area contributed by atoms with Gasteiger partial charge in [0.15, 0.2) is 0 Å². The number of hydrogen-bond acceptors (Lipinski definition) is 5. The van der Waals surface area contributed by atoms with Gasteiger partial charge in [0.1, 0.15) is 0 Å². The summed E-state index contributed by atoms with van der Waals surface area (Å²) in [4.78, 5) is 21.5. The van der Waals surface area contributed by atoms with Gasteiger partial charge in [0.05, 0.1) is 16.2 Å². The van der Waals surface area contributed by atoms with Gasteiger partial charge in [-0.05, 0) is 41.8 Å². The van der Waals surface area contributed by atoms with Gasteiger partial charge in [-0.3, -0.25) is 10.1 Å². The van der Waals surface area contributed by atoms with Gasteiger partial charge in [0.25, 0.3) is 5.69 Å². The lowest BCUT2D eigenvalue weighted by molar-refractivity contribution is -0.384. The van der Waals surface area contributed by atoms with Gasteiger partial charge >= 0.3 is 5.97 Å². The molecule has 0 aliphatic rings. The molecule has 1 atom stereocenters. The van der Waals surface area contributed by atoms with Gasteiger partial charge in [0, 0.05) is 18.2 Å². The number of rotatable bonds is 6. The molecule has 0 aliphatic carbocycles. The third kappa shape index (κ3) is 3.79. The van der Waals surface area contributed by atoms with Crippen LogP contribution in [0.5, 0.6) is 0 Å². The van der Waals surface area contributed by atoms with Crippen LogP contribution in [0.15, 0.2) is 35.0 Å². The summed E-state index contributed by atoms with van der Waals surface area (Å²) in [5.41, 5.74) is 1.30. The maximum Gasteiger partial charge on any atom is 0.337 e. The Kier molecular flexibility index (Phi) is 4.54. The van der Waals surface area contributed by atoms with Crippen LogP contribution in [0.4, 0.5) is 11.4 Å². The second-order valence-electron chi connectivity index (χ2n) is 4.67. The van der Waals surface area contributed by atoms with Crippen LogP contribution in [0.3, 0.4) is 0 Å². The Balaban J connectivity index is 2.21. The summed E-state index contributed by atoms with van der Waals surface area (Å²) >= 11 is 1.59. The summed E-state index contributed by atoms with van der Waals surface area (Å²) in [6, 6.07) is 5.65. The Morgan fingerprint density at radius 2 is 2.24 bits per heavy atom. The molecule has 0 spiro atoms. The van der Waals surface area contributed by atoms with Gasteiger partial charge in [-0.25, -0.2) is 4.79 Å². The standard InChI is InChI=1S/C14H14N2O4S/c1-9(6-10-4-5-21-8-10)15-13-7-11(16(19)20)2-3-12(13)14(17)18/h2-5,7-9,15H,6H2,1H3,(H,17,18). The van der Waals surface area contributed by atoms with Crippen LogP contribution < -0.4 is 5.32 Å². The number of anilines is 1. The quantitative estimate of drug-likeness (QED) is 0.630. The van der Waals surface area contributed by atoms with Crippen molar-refractivity contribution in [2.24, 2.45) is 0 Å². The van der Waals surface area contributed by atoms with Crippen molar-refractivity contribution in [3.8, 4) is 0 Å². The monoisotopic (exact) mass is 306 g/mol. The summed E-state index contributed by atoms with van der Waals surface area (Å²) in [5, 5.41) is 27.0. The second kappa shape index (κ2) is 6.36. The van der Waals surface area contributed by atoms with E-state index in [9.17, 15) is 14.9 Å². The van der Waals surface area contributed by atoms with E-state index in [-0.39, 0.29) is 23.0 Å². The first-order valence-corrected chi connectivity index (χ1v) is 7.21. The minimum absolute atomic E-state index is 0.0257. The van der Waals surface area contributed by atoms with E-state index < -0.39 is 10.9 Å². The van der Waals surface area contributed by atoms with E-state index in [1.165, 1.54) is 18.2 Å². The number of carboxylic acids is 1. The second-order valence-corrected chi connectivity index (χ2v) is 5.45. The van der Waals surface area contributed by atoms with E-state index in [2.05, 4.69) is 5.32 Å². The molecule has 110 valence electrons. The molecule has 1 unspecified atom stereocenters. The maximum atomic E-state index is 11.2. The van der Waals surface area contributed by atoms with Gasteiger partial charge in [-0.15, -0.1) is 0 Å². The van der Waals surface area contributed by atoms with Gasteiger partial charge in [-0.2, -0.15) is 11.3 Å². The first kappa shape index (κ1) is 15.0. The van der Waals surface area contributed by atoms with E-state index in [4.69, 9.17) is 5.11 Å². The lowest BCUT2D eigenvalue weighted by Gasteiger charge is -2.16. The lowest BCUT2D eigenvalue weighted by atomic mass is 10.1. The molecule has 0 saturated carbocycles. The number of nitrogens with one attached hydrogen (secondary N) is 1. The highest BCUT2D eigenvalue weighted by Crippen LogP contribution is 2.24. The van der Waals surface area contributed by atoms with Crippen LogP contribution in [0.2, 0.25) is 0 Å². The average molecular weight is 306 g/mol. The number of thiophene rings is 1. The number of non-ortho nitro benzene ring substituents is 1. The van der Waals surface area contributed by atoms with Crippen molar-refractivity contribution < 1.29 is 14.8 Å². The van der Waals surface area contributed by atoms with Crippen molar-refractivity contribution in [2.45, 2.75) is 19.4 Å². The number of nitro groups is 1. The van der Waals surface area contributed by atoms with Crippen molar-refractivity contribution in [1.82, 2.24) is 0 Å². The maximum absolute atomic E-state index is 11.2. The van der Waals surface area contributed by atoms with E-state index >= 15 is 0 Å². The van der Waals surface area contributed by atoms with Gasteiger partial charge < -0.3 is 10.4 Å². The Labute approximate surface area is 125 Å². The lowest BCUT2D eigenvalue weighted by Crippen LogP contribution is -2.19. The zero-order valence-electron chi connectivity index (χ0n) is 11.3. The number of benzene rings is 1. The minimum Gasteiger partial charge on any atom is -0.478 e. The third-order valence-electron chi connectivity index (χ3n) is 2.97. The first-order chi connectivity index (χ1) is 9.97. The number of carboxylic acid groups (broad SMARTS) is 1. The molecular formula is C14H14N2O4S. The molecule has 2 aromatic rings. The fourth-order valence-electron chi connectivity index (χ4n) is 2.03. The van der Waals surface area contributed by atoms with E-state index in [0.717, 1.165) is 5.56 Å². The molecule has 6 nitrogen and oxygen atoms in total. The van der Waals surface area contributed by atoms with E-state index in [1.54, 1.807) is 11.3 Å². The highest BCUT2D eigenvalue weighted by molar-refractivity contribution is 7.07. The van der Waals surface area contributed by atoms with Crippen LogP contribution in [0.1, 0.15) is 22.8 Å². The van der Waals surface area contributed by atoms with Crippen molar-refractivity contribution in [1.29, 1.82) is 0 Å². The average Bonchev–Trinajstić information content (AvgIpc) is 2.90. The number of nitro benzene ring substituents is 1. The van der Waals surface area contributed by atoms with Gasteiger partial charge in [-0.1, -0.05) is 0 Å². The van der Waals surface area contributed by atoms with Gasteiger partial charge in [0.2, 0.25) is 0 Å². The Morgan fingerprint density at radius 3 is 2.81 bits per heavy atom. The molecule has 21 heavy (non-hydrogen) atoms. The minimum atomic E-state index is -1.12. The molecule has 0 radical (unpaired) electrons. The molecule has 2 rings (SSSR count). The molecule has 0 bridgehead atoms. The van der Waals surface area contributed by atoms with Crippen molar-refractivity contribution >= 4 is 28.7 Å². The van der Waals surface area contributed by atoms with Crippen molar-refractivity contribution in [3.05, 3.63) is 56.3 Å². The van der Waals surface area contributed by atoms with Crippen molar-refractivity contribution in [3.63, 3.8) is 0 Å². The molecule has 1 aromatic carbocycles. The summed E-state index contributed by atoms with van der Waals surface area (Å²) in [6.45, 7) is 1.90. The normalized spacial score (nSPS) is 11.9. The Bertz CT molecular complexity index is 655. The highest BCUT2D eigenvalue weighted by Gasteiger charge is 2.17. The fourth-order valence-corrected chi connectivity index (χ4v) is 2.71. The Morgan fingerprint density at radius 1 is 1.48 bits per heavy atom. The molecule has 0 amide bonds. The Hall–Kier alpha value is -2.41. The number of nitrogens with zero attached hydrogens (tertiary/aromatic N) is 1. The third-order valence-corrected chi connectivity index (χ3v) is 3.70. The summed E-state index contributed by atoms with van der Waals surface area (Å²) < 4.78 is 0. The van der Waals surface area contributed by atoms with E-state index in [1.807, 2.05) is 23.8 Å². The summed E-state index contributed by atoms with van der Waals surface area (Å²) in [6.07, 6.45) is 0.714. The molecule has 2 N–H and O–H groups in total. The smallest absolute Gasteiger partial charge is 0.337 e. The van der Waals surface area contributed by atoms with Crippen molar-refractivity contribution in [2.75, 3.05) is 5.32 Å².